The molecule has 2 rings (SSSR count). The lowest BCUT2D eigenvalue weighted by atomic mass is 10.0. The van der Waals surface area contributed by atoms with Gasteiger partial charge in [0.1, 0.15) is 11.5 Å². The molecule has 2 unspecified atom stereocenters. The van der Waals surface area contributed by atoms with Crippen molar-refractivity contribution in [2.24, 2.45) is 0 Å². The lowest BCUT2D eigenvalue weighted by Crippen LogP contribution is -2.34. The van der Waals surface area contributed by atoms with Crippen molar-refractivity contribution in [3.05, 3.63) is 23.8 Å². The molecule has 0 aliphatic carbocycles. The van der Waals surface area contributed by atoms with Crippen molar-refractivity contribution < 1.29 is 9.47 Å². The topological polar surface area (TPSA) is 30.5 Å². The van der Waals surface area contributed by atoms with Crippen molar-refractivity contribution >= 4 is 23.5 Å². The minimum atomic E-state index is 0.337. The predicted molar refractivity (Wildman–Crippen MR) is 94.2 cm³/mol. The van der Waals surface area contributed by atoms with Crippen molar-refractivity contribution in [2.45, 2.75) is 24.6 Å². The number of hydrogen-bond acceptors (Lipinski definition) is 5. The Morgan fingerprint density at radius 1 is 1.29 bits per heavy atom. The largest absolute Gasteiger partial charge is 0.497 e. The maximum Gasteiger partial charge on any atom is 0.127 e. The van der Waals surface area contributed by atoms with Crippen LogP contribution in [0.5, 0.6) is 11.5 Å². The predicted octanol–water partition coefficient (Wildman–Crippen LogP) is 3.59. The first-order chi connectivity index (χ1) is 10.3. The fourth-order valence-electron chi connectivity index (χ4n) is 2.52. The fraction of sp³-hybridized carbons (Fsp3) is 0.625. The molecule has 0 bridgehead atoms. The van der Waals surface area contributed by atoms with Gasteiger partial charge < -0.3 is 14.8 Å². The highest BCUT2D eigenvalue weighted by Crippen LogP contribution is 2.38. The van der Waals surface area contributed by atoms with Crippen molar-refractivity contribution in [1.82, 2.24) is 5.32 Å². The van der Waals surface area contributed by atoms with Gasteiger partial charge in [-0.15, -0.1) is 0 Å². The summed E-state index contributed by atoms with van der Waals surface area (Å²) >= 11 is 4.13. The smallest absolute Gasteiger partial charge is 0.127 e. The Hall–Kier alpha value is -0.520. The third-order valence-electron chi connectivity index (χ3n) is 3.60. The summed E-state index contributed by atoms with van der Waals surface area (Å²) in [6, 6.07) is 6.49. The molecule has 1 heterocycles. The van der Waals surface area contributed by atoms with E-state index in [-0.39, 0.29) is 0 Å². The van der Waals surface area contributed by atoms with Gasteiger partial charge in [0.25, 0.3) is 0 Å². The van der Waals surface area contributed by atoms with Gasteiger partial charge in [0, 0.05) is 40.2 Å². The van der Waals surface area contributed by atoms with E-state index >= 15 is 0 Å². The van der Waals surface area contributed by atoms with Gasteiger partial charge >= 0.3 is 0 Å². The van der Waals surface area contributed by atoms with Gasteiger partial charge in [-0.2, -0.15) is 23.5 Å². The summed E-state index contributed by atoms with van der Waals surface area (Å²) in [5.41, 5.74) is 1.24. The first kappa shape index (κ1) is 16.8. The van der Waals surface area contributed by atoms with Gasteiger partial charge in [0.05, 0.1) is 14.2 Å². The summed E-state index contributed by atoms with van der Waals surface area (Å²) < 4.78 is 10.9. The van der Waals surface area contributed by atoms with Crippen LogP contribution in [-0.2, 0) is 0 Å². The van der Waals surface area contributed by atoms with Crippen LogP contribution in [0, 0.1) is 0 Å². The van der Waals surface area contributed by atoms with E-state index in [0.717, 1.165) is 24.5 Å². The van der Waals surface area contributed by atoms with Crippen LogP contribution < -0.4 is 14.8 Å². The summed E-state index contributed by atoms with van der Waals surface area (Å²) in [4.78, 5) is 0. The van der Waals surface area contributed by atoms with Gasteiger partial charge in [-0.3, -0.25) is 0 Å². The summed E-state index contributed by atoms with van der Waals surface area (Å²) in [6.45, 7) is 3.24. The van der Waals surface area contributed by atoms with E-state index in [0.29, 0.717) is 11.3 Å². The van der Waals surface area contributed by atoms with Crippen molar-refractivity contribution in [1.29, 1.82) is 0 Å². The summed E-state index contributed by atoms with van der Waals surface area (Å²) in [6.07, 6.45) is 1.14. The van der Waals surface area contributed by atoms with Gasteiger partial charge in [0.15, 0.2) is 0 Å². The molecule has 1 aromatic carbocycles. The van der Waals surface area contributed by atoms with E-state index in [2.05, 4.69) is 41.8 Å². The van der Waals surface area contributed by atoms with E-state index in [4.69, 9.17) is 9.47 Å². The molecule has 0 amide bonds. The molecule has 21 heavy (non-hydrogen) atoms. The Balaban J connectivity index is 2.25. The molecule has 0 aromatic heterocycles. The zero-order valence-corrected chi connectivity index (χ0v) is 14.7. The number of nitrogens with one attached hydrogen (secondary N) is 1. The molecule has 5 heteroatoms. The summed E-state index contributed by atoms with van der Waals surface area (Å²) in [5.74, 6) is 5.45. The summed E-state index contributed by atoms with van der Waals surface area (Å²) in [7, 11) is 3.42. The van der Waals surface area contributed by atoms with E-state index in [1.807, 2.05) is 12.1 Å². The van der Waals surface area contributed by atoms with Crippen LogP contribution in [0.25, 0.3) is 0 Å². The lowest BCUT2D eigenvalue weighted by Gasteiger charge is -2.31. The third-order valence-corrected chi connectivity index (χ3v) is 6.47. The number of hydrogen-bond donors (Lipinski definition) is 1. The molecule has 0 radical (unpaired) electrons. The molecular formula is C16H25NO2S2. The zero-order chi connectivity index (χ0) is 15.1. The standard InChI is InChI=1S/C16H25NO2S2/c1-4-7-17-16(15-11-20-8-9-21-15)13-6-5-12(18-2)10-14(13)19-3/h5-6,10,15-17H,4,7-9,11H2,1-3H3. The van der Waals surface area contributed by atoms with Gasteiger partial charge in [0.2, 0.25) is 0 Å². The fourth-order valence-corrected chi connectivity index (χ4v) is 5.37. The van der Waals surface area contributed by atoms with Crippen LogP contribution in [0.1, 0.15) is 24.9 Å². The highest BCUT2D eigenvalue weighted by atomic mass is 32.2. The number of rotatable bonds is 7. The molecule has 0 saturated carbocycles. The van der Waals surface area contributed by atoms with Crippen LogP contribution in [0.4, 0.5) is 0 Å². The molecular weight excluding hydrogens is 302 g/mol. The van der Waals surface area contributed by atoms with Crippen molar-refractivity contribution in [2.75, 3.05) is 38.0 Å². The molecule has 1 aromatic rings. The highest BCUT2D eigenvalue weighted by molar-refractivity contribution is 8.06. The number of methoxy groups -OCH3 is 2. The second-order valence-corrected chi connectivity index (χ2v) is 7.52. The maximum absolute atomic E-state index is 5.60. The van der Waals surface area contributed by atoms with Crippen LogP contribution in [0.3, 0.4) is 0 Å². The molecule has 1 aliphatic rings. The second-order valence-electron chi connectivity index (χ2n) is 5.02. The van der Waals surface area contributed by atoms with E-state index < -0.39 is 0 Å². The van der Waals surface area contributed by atoms with Crippen LogP contribution in [0.15, 0.2) is 18.2 Å². The van der Waals surface area contributed by atoms with Crippen molar-refractivity contribution in [3.63, 3.8) is 0 Å². The SMILES string of the molecule is CCCNC(c1ccc(OC)cc1OC)C1CSCCS1. The Morgan fingerprint density at radius 2 is 2.14 bits per heavy atom. The molecule has 2 atom stereocenters. The molecule has 3 nitrogen and oxygen atoms in total. The molecule has 1 aliphatic heterocycles. The van der Waals surface area contributed by atoms with E-state index in [1.54, 1.807) is 14.2 Å². The van der Waals surface area contributed by atoms with Crippen LogP contribution in [-0.4, -0.2) is 43.3 Å². The molecule has 1 N–H and O–H groups in total. The Morgan fingerprint density at radius 3 is 2.76 bits per heavy atom. The molecule has 1 fully saturated rings. The second kappa shape index (κ2) is 8.81. The Bertz CT molecular complexity index is 436. The average molecular weight is 328 g/mol. The monoisotopic (exact) mass is 327 g/mol. The first-order valence-electron chi connectivity index (χ1n) is 7.44. The van der Waals surface area contributed by atoms with E-state index in [1.165, 1.54) is 22.8 Å². The van der Waals surface area contributed by atoms with Gasteiger partial charge in [-0.25, -0.2) is 0 Å². The Labute approximate surface area is 136 Å². The third kappa shape index (κ3) is 4.47. The normalized spacial score (nSPS) is 20.0. The van der Waals surface area contributed by atoms with Crippen LogP contribution >= 0.6 is 23.5 Å². The molecule has 118 valence electrons. The molecule has 0 spiro atoms. The minimum absolute atomic E-state index is 0.337. The summed E-state index contributed by atoms with van der Waals surface area (Å²) in [5, 5.41) is 4.31. The van der Waals surface area contributed by atoms with E-state index in [9.17, 15) is 0 Å². The number of benzene rings is 1. The Kier molecular flexibility index (Phi) is 7.07. The average Bonchev–Trinajstić information content (AvgIpc) is 2.56. The molecule has 1 saturated heterocycles. The van der Waals surface area contributed by atoms with Crippen LogP contribution in [0.2, 0.25) is 0 Å². The first-order valence-corrected chi connectivity index (χ1v) is 9.65. The number of thioether (sulfide) groups is 2. The zero-order valence-electron chi connectivity index (χ0n) is 13.1. The maximum atomic E-state index is 5.60. The van der Waals surface area contributed by atoms with Gasteiger partial charge in [-0.05, 0) is 19.0 Å². The van der Waals surface area contributed by atoms with Gasteiger partial charge in [-0.1, -0.05) is 13.0 Å². The van der Waals surface area contributed by atoms with Crippen molar-refractivity contribution in [3.8, 4) is 11.5 Å². The minimum Gasteiger partial charge on any atom is -0.497 e. The number of ether oxygens (including phenoxy) is 2. The quantitative estimate of drug-likeness (QED) is 0.827. The highest BCUT2D eigenvalue weighted by Gasteiger charge is 2.27. The lowest BCUT2D eigenvalue weighted by molar-refractivity contribution is 0.383.